The van der Waals surface area contributed by atoms with Crippen molar-refractivity contribution in [1.29, 1.82) is 0 Å². The first kappa shape index (κ1) is 16.8. The molecule has 1 aromatic heterocycles. The Hall–Kier alpha value is -4.08. The molecule has 3 aromatic rings. The molecule has 0 fully saturated rings. The number of carbonyl (C=O) groups excluding carboxylic acids is 1. The van der Waals surface area contributed by atoms with Gasteiger partial charge in [-0.1, -0.05) is 12.1 Å². The number of anilines is 1. The highest BCUT2D eigenvalue weighted by molar-refractivity contribution is 6.06. The average Bonchev–Trinajstić information content (AvgIpc) is 3.16. The Morgan fingerprint density at radius 3 is 2.27 bits per heavy atom. The molecule has 0 saturated heterocycles. The van der Waals surface area contributed by atoms with Gasteiger partial charge in [0.2, 0.25) is 0 Å². The van der Waals surface area contributed by atoms with Crippen molar-refractivity contribution in [2.75, 3.05) is 5.32 Å². The van der Waals surface area contributed by atoms with E-state index in [4.69, 9.17) is 0 Å². The van der Waals surface area contributed by atoms with Gasteiger partial charge in [-0.3, -0.25) is 25.0 Å². The van der Waals surface area contributed by atoms with Crippen LogP contribution in [0.4, 0.5) is 17.1 Å². The molecule has 0 saturated carbocycles. The van der Waals surface area contributed by atoms with E-state index in [9.17, 15) is 25.0 Å². The number of hydrogen-bond donors (Lipinski definition) is 1. The maximum atomic E-state index is 12.5. The molecule has 0 spiro atoms. The number of nitrogens with one attached hydrogen (secondary N) is 1. The van der Waals surface area contributed by atoms with Crippen molar-refractivity contribution in [2.24, 2.45) is 0 Å². The Morgan fingerprint density at radius 2 is 1.69 bits per heavy atom. The summed E-state index contributed by atoms with van der Waals surface area (Å²) in [7, 11) is 0. The van der Waals surface area contributed by atoms with Crippen molar-refractivity contribution in [2.45, 2.75) is 0 Å². The number of hydrogen-bond acceptors (Lipinski definition) is 6. The fourth-order valence-electron chi connectivity index (χ4n) is 2.34. The molecular formula is C16H11N5O5. The van der Waals surface area contributed by atoms with Gasteiger partial charge >= 0.3 is 0 Å². The smallest absolute Gasteiger partial charge is 0.277 e. The molecule has 0 aliphatic carbocycles. The first-order chi connectivity index (χ1) is 12.5. The van der Waals surface area contributed by atoms with E-state index in [0.717, 1.165) is 18.2 Å². The van der Waals surface area contributed by atoms with Gasteiger partial charge in [0.1, 0.15) is 0 Å². The summed E-state index contributed by atoms with van der Waals surface area (Å²) in [6.07, 6.45) is 4.80. The lowest BCUT2D eigenvalue weighted by Crippen LogP contribution is -2.14. The average molecular weight is 353 g/mol. The van der Waals surface area contributed by atoms with Crippen molar-refractivity contribution in [1.82, 2.24) is 9.55 Å². The minimum absolute atomic E-state index is 0.189. The number of aromatic nitrogens is 2. The molecule has 0 unspecified atom stereocenters. The number of nitro groups is 2. The quantitative estimate of drug-likeness (QED) is 0.554. The molecule has 0 aliphatic rings. The SMILES string of the molecule is O=C(Nc1ccccc1-n1ccnc1)c1cc([N+](=O)[O-])cc([N+](=O)[O-])c1. The monoisotopic (exact) mass is 353 g/mol. The number of nitrogens with zero attached hydrogens (tertiary/aromatic N) is 4. The Morgan fingerprint density at radius 1 is 1.04 bits per heavy atom. The Balaban J connectivity index is 1.97. The minimum atomic E-state index is -0.788. The van der Waals surface area contributed by atoms with Crippen molar-refractivity contribution < 1.29 is 14.6 Å². The van der Waals surface area contributed by atoms with Gasteiger partial charge < -0.3 is 9.88 Å². The van der Waals surface area contributed by atoms with Crippen molar-refractivity contribution in [3.05, 3.63) is 87.0 Å². The van der Waals surface area contributed by atoms with Gasteiger partial charge in [-0.05, 0) is 12.1 Å². The summed E-state index contributed by atoms with van der Waals surface area (Å²) >= 11 is 0. The van der Waals surface area contributed by atoms with Gasteiger partial charge in [0.25, 0.3) is 17.3 Å². The summed E-state index contributed by atoms with van der Waals surface area (Å²) in [4.78, 5) is 36.8. The summed E-state index contributed by atoms with van der Waals surface area (Å²) in [5.41, 5.74) is -0.214. The molecule has 0 aliphatic heterocycles. The molecule has 10 heteroatoms. The summed E-state index contributed by atoms with van der Waals surface area (Å²) in [5.74, 6) is -0.704. The van der Waals surface area contributed by atoms with Crippen molar-refractivity contribution in [3.8, 4) is 5.69 Å². The van der Waals surface area contributed by atoms with Crippen LogP contribution in [0.3, 0.4) is 0 Å². The summed E-state index contributed by atoms with van der Waals surface area (Å²) in [6, 6.07) is 9.63. The largest absolute Gasteiger partial charge is 0.320 e. The molecule has 1 heterocycles. The second kappa shape index (κ2) is 6.81. The topological polar surface area (TPSA) is 133 Å². The van der Waals surface area contributed by atoms with Crippen LogP contribution in [0.1, 0.15) is 10.4 Å². The fraction of sp³-hybridized carbons (Fsp3) is 0. The highest BCUT2D eigenvalue weighted by Crippen LogP contribution is 2.25. The number of nitro benzene ring substituents is 2. The van der Waals surface area contributed by atoms with Gasteiger partial charge in [-0.25, -0.2) is 4.98 Å². The van der Waals surface area contributed by atoms with Crippen LogP contribution in [0.25, 0.3) is 5.69 Å². The number of para-hydroxylation sites is 2. The summed E-state index contributed by atoms with van der Waals surface area (Å²) in [5, 5.41) is 24.5. The third kappa shape index (κ3) is 3.38. The molecule has 130 valence electrons. The van der Waals surface area contributed by atoms with Gasteiger partial charge in [-0.2, -0.15) is 0 Å². The molecule has 26 heavy (non-hydrogen) atoms. The van der Waals surface area contributed by atoms with Crippen LogP contribution in [-0.2, 0) is 0 Å². The Labute approximate surface area is 146 Å². The van der Waals surface area contributed by atoms with Gasteiger partial charge in [-0.15, -0.1) is 0 Å². The Kier molecular flexibility index (Phi) is 4.39. The molecule has 1 amide bonds. The third-order valence-corrected chi connectivity index (χ3v) is 3.52. The van der Waals surface area contributed by atoms with E-state index in [-0.39, 0.29) is 5.56 Å². The standard InChI is InChI=1S/C16H11N5O5/c22-16(11-7-12(20(23)24)9-13(8-11)21(25)26)18-14-3-1-2-4-15(14)19-6-5-17-10-19/h1-10H,(H,18,22). The second-order valence-corrected chi connectivity index (χ2v) is 5.19. The predicted octanol–water partition coefficient (Wildman–Crippen LogP) is 2.94. The first-order valence-corrected chi connectivity index (χ1v) is 7.28. The van der Waals surface area contributed by atoms with Crippen LogP contribution < -0.4 is 5.32 Å². The van der Waals surface area contributed by atoms with Gasteiger partial charge in [0, 0.05) is 24.5 Å². The van der Waals surface area contributed by atoms with E-state index in [1.54, 1.807) is 47.6 Å². The maximum absolute atomic E-state index is 12.5. The minimum Gasteiger partial charge on any atom is -0.320 e. The molecule has 0 radical (unpaired) electrons. The van der Waals surface area contributed by atoms with Crippen LogP contribution in [-0.4, -0.2) is 25.3 Å². The zero-order chi connectivity index (χ0) is 18.7. The van der Waals surface area contributed by atoms with E-state index >= 15 is 0 Å². The third-order valence-electron chi connectivity index (χ3n) is 3.52. The normalized spacial score (nSPS) is 10.3. The number of imidazole rings is 1. The zero-order valence-electron chi connectivity index (χ0n) is 13.1. The number of rotatable bonds is 5. The number of non-ortho nitro benzene ring substituents is 2. The van der Waals surface area contributed by atoms with E-state index in [1.807, 2.05) is 0 Å². The zero-order valence-corrected chi connectivity index (χ0v) is 13.1. The van der Waals surface area contributed by atoms with Crippen LogP contribution in [0.2, 0.25) is 0 Å². The molecule has 1 N–H and O–H groups in total. The van der Waals surface area contributed by atoms with Gasteiger partial charge in [0.15, 0.2) is 0 Å². The van der Waals surface area contributed by atoms with E-state index in [0.29, 0.717) is 11.4 Å². The lowest BCUT2D eigenvalue weighted by atomic mass is 10.1. The number of benzene rings is 2. The molecular weight excluding hydrogens is 342 g/mol. The molecule has 10 nitrogen and oxygen atoms in total. The number of amides is 1. The fourth-order valence-corrected chi connectivity index (χ4v) is 2.34. The van der Waals surface area contributed by atoms with Crippen LogP contribution in [0.15, 0.2) is 61.2 Å². The molecule has 2 aromatic carbocycles. The molecule has 3 rings (SSSR count). The summed E-state index contributed by atoms with van der Waals surface area (Å²) < 4.78 is 1.67. The highest BCUT2D eigenvalue weighted by Gasteiger charge is 2.20. The maximum Gasteiger partial charge on any atom is 0.277 e. The number of carbonyl (C=O) groups is 1. The first-order valence-electron chi connectivity index (χ1n) is 7.28. The molecule has 0 bridgehead atoms. The van der Waals surface area contributed by atoms with Crippen molar-refractivity contribution in [3.63, 3.8) is 0 Å². The van der Waals surface area contributed by atoms with Crippen LogP contribution >= 0.6 is 0 Å². The Bertz CT molecular complexity index is 968. The van der Waals surface area contributed by atoms with E-state index in [1.165, 1.54) is 0 Å². The summed E-state index contributed by atoms with van der Waals surface area (Å²) in [6.45, 7) is 0. The molecule has 0 atom stereocenters. The predicted molar refractivity (Wildman–Crippen MR) is 91.3 cm³/mol. The van der Waals surface area contributed by atoms with Crippen LogP contribution in [0.5, 0.6) is 0 Å². The van der Waals surface area contributed by atoms with Crippen molar-refractivity contribution >= 4 is 23.0 Å². The van der Waals surface area contributed by atoms with E-state index in [2.05, 4.69) is 10.3 Å². The van der Waals surface area contributed by atoms with Gasteiger partial charge in [0.05, 0.1) is 39.2 Å². The lowest BCUT2D eigenvalue weighted by molar-refractivity contribution is -0.394. The highest BCUT2D eigenvalue weighted by atomic mass is 16.6. The van der Waals surface area contributed by atoms with E-state index < -0.39 is 27.1 Å². The lowest BCUT2D eigenvalue weighted by Gasteiger charge is -2.11. The second-order valence-electron chi connectivity index (χ2n) is 5.19. The van der Waals surface area contributed by atoms with Crippen LogP contribution in [0, 0.1) is 20.2 Å².